The van der Waals surface area contributed by atoms with Gasteiger partial charge in [0, 0.05) is 38.2 Å². The second kappa shape index (κ2) is 12.9. The van der Waals surface area contributed by atoms with Crippen LogP contribution in [0.15, 0.2) is 140 Å². The first-order valence-electron chi connectivity index (χ1n) is 23.7. The fraction of sp³-hybridized carbons (Fsp3) is 0.276. The van der Waals surface area contributed by atoms with Gasteiger partial charge >= 0.3 is 0 Å². The van der Waals surface area contributed by atoms with Gasteiger partial charge in [-0.15, -0.1) is 0 Å². The van der Waals surface area contributed by atoms with Gasteiger partial charge in [0.05, 0.1) is 0 Å². The molecule has 3 heteroatoms. The van der Waals surface area contributed by atoms with Crippen molar-refractivity contribution in [2.45, 2.75) is 104 Å². The van der Waals surface area contributed by atoms with Crippen LogP contribution in [0.2, 0.25) is 0 Å². The Kier molecular flexibility index (Phi) is 7.35. The maximum Gasteiger partial charge on any atom is 0.252 e. The summed E-state index contributed by atoms with van der Waals surface area (Å²) in [5, 5.41) is 0. The summed E-state index contributed by atoms with van der Waals surface area (Å²) in [5.41, 5.74) is 21.3. The Hall–Kier alpha value is -5.80. The third kappa shape index (κ3) is 5.68. The molecule has 61 heavy (non-hydrogen) atoms. The topological polar surface area (TPSA) is 6.48 Å². The third-order valence-electron chi connectivity index (χ3n) is 14.8. The predicted molar refractivity (Wildman–Crippen MR) is 262 cm³/mol. The van der Waals surface area contributed by atoms with Crippen LogP contribution in [-0.4, -0.2) is 6.71 Å². The molecular formula is C58H57BN2. The first-order valence-corrected chi connectivity index (χ1v) is 22.2. The van der Waals surface area contributed by atoms with Gasteiger partial charge in [-0.25, -0.2) is 0 Å². The number of fused-ring (bicyclic) bond motifs is 6. The van der Waals surface area contributed by atoms with Crippen LogP contribution in [0.25, 0.3) is 22.3 Å². The van der Waals surface area contributed by atoms with Crippen molar-refractivity contribution >= 4 is 57.2 Å². The third-order valence-corrected chi connectivity index (χ3v) is 14.8. The van der Waals surface area contributed by atoms with E-state index in [0.717, 1.165) is 74.7 Å². The molecule has 0 spiro atoms. The Morgan fingerprint density at radius 1 is 0.443 bits per heavy atom. The van der Waals surface area contributed by atoms with Crippen molar-refractivity contribution in [3.05, 3.63) is 173 Å². The Morgan fingerprint density at radius 3 is 1.62 bits per heavy atom. The standard InChI is InChI=1S/C58H57BN2/c1-36-27-52-54-53(28-36)61(50-30-41(22-21-37(50)2)39-19-15-12-16-20-39)49-26-23-40(38-17-13-11-14-18-38)29-47(49)59(54)48-32-45-46(58(9,10)35-57(45,7)8)33-51(48)60(52)42-24-25-43-44(31-42)56(5,6)34-55(43,3)4/h11-33H,34-35H2,1-10H3/i1D3. The van der Waals surface area contributed by atoms with Gasteiger partial charge in [-0.3, -0.25) is 0 Å². The van der Waals surface area contributed by atoms with Crippen molar-refractivity contribution in [2.75, 3.05) is 9.80 Å². The lowest BCUT2D eigenvalue weighted by Gasteiger charge is -2.45. The van der Waals surface area contributed by atoms with Crippen LogP contribution in [0.4, 0.5) is 34.1 Å². The summed E-state index contributed by atoms with van der Waals surface area (Å²) in [6.07, 6.45) is 2.11. The van der Waals surface area contributed by atoms with Crippen LogP contribution < -0.4 is 26.2 Å². The predicted octanol–water partition coefficient (Wildman–Crippen LogP) is 13.6. The zero-order chi connectivity index (χ0) is 44.9. The van der Waals surface area contributed by atoms with E-state index in [2.05, 4.69) is 200 Å². The quantitative estimate of drug-likeness (QED) is 0.164. The van der Waals surface area contributed by atoms with E-state index in [4.69, 9.17) is 4.11 Å². The van der Waals surface area contributed by atoms with Crippen LogP contribution in [0.1, 0.15) is 106 Å². The van der Waals surface area contributed by atoms with E-state index in [1.807, 2.05) is 12.1 Å². The van der Waals surface area contributed by atoms with Gasteiger partial charge in [-0.05, 0) is 163 Å². The van der Waals surface area contributed by atoms with E-state index >= 15 is 0 Å². The average Bonchev–Trinajstić information content (AvgIpc) is 3.56. The first kappa shape index (κ1) is 34.9. The fourth-order valence-corrected chi connectivity index (χ4v) is 12.6. The number of benzene rings is 7. The second-order valence-electron chi connectivity index (χ2n) is 21.1. The minimum atomic E-state index is -2.36. The lowest BCUT2D eigenvalue weighted by atomic mass is 9.33. The summed E-state index contributed by atoms with van der Waals surface area (Å²) >= 11 is 0. The van der Waals surface area contributed by atoms with Crippen molar-refractivity contribution in [1.82, 2.24) is 0 Å². The summed E-state index contributed by atoms with van der Waals surface area (Å²) in [5.74, 6) is 0. The number of hydrogen-bond acceptors (Lipinski definition) is 2. The highest BCUT2D eigenvalue weighted by Crippen LogP contribution is 2.55. The minimum Gasteiger partial charge on any atom is -0.311 e. The Balaban J connectivity index is 1.28. The zero-order valence-electron chi connectivity index (χ0n) is 40.2. The molecule has 0 radical (unpaired) electrons. The van der Waals surface area contributed by atoms with Gasteiger partial charge in [-0.1, -0.05) is 152 Å². The molecule has 7 aromatic carbocycles. The molecule has 0 saturated heterocycles. The normalized spacial score (nSPS) is 18.9. The minimum absolute atomic E-state index is 0.0230. The van der Waals surface area contributed by atoms with Crippen molar-refractivity contribution < 1.29 is 4.11 Å². The molecule has 0 bridgehead atoms. The number of hydrogen-bond donors (Lipinski definition) is 0. The van der Waals surface area contributed by atoms with Crippen LogP contribution in [0.3, 0.4) is 0 Å². The molecule has 0 fully saturated rings. The summed E-state index contributed by atoms with van der Waals surface area (Å²) in [6, 6.07) is 51.0. The monoisotopic (exact) mass is 795 g/mol. The van der Waals surface area contributed by atoms with E-state index in [-0.39, 0.29) is 28.4 Å². The molecule has 0 atom stereocenters. The van der Waals surface area contributed by atoms with Crippen molar-refractivity contribution in [2.24, 2.45) is 0 Å². The number of aryl methyl sites for hydroxylation is 2. The van der Waals surface area contributed by atoms with Crippen molar-refractivity contribution in [3.8, 4) is 22.3 Å². The average molecular weight is 796 g/mol. The van der Waals surface area contributed by atoms with E-state index < -0.39 is 6.85 Å². The highest BCUT2D eigenvalue weighted by Gasteiger charge is 2.49. The van der Waals surface area contributed by atoms with E-state index in [0.29, 0.717) is 5.56 Å². The van der Waals surface area contributed by atoms with E-state index in [1.165, 1.54) is 38.7 Å². The smallest absolute Gasteiger partial charge is 0.252 e. The highest BCUT2D eigenvalue weighted by atomic mass is 15.2. The summed E-state index contributed by atoms with van der Waals surface area (Å²) in [6.45, 7) is 18.8. The van der Waals surface area contributed by atoms with E-state index in [1.54, 1.807) is 0 Å². The highest BCUT2D eigenvalue weighted by molar-refractivity contribution is 7.00. The van der Waals surface area contributed by atoms with Crippen LogP contribution in [0, 0.1) is 13.8 Å². The fourth-order valence-electron chi connectivity index (χ4n) is 12.6. The van der Waals surface area contributed by atoms with Gasteiger partial charge in [0.15, 0.2) is 0 Å². The van der Waals surface area contributed by atoms with Gasteiger partial charge < -0.3 is 9.80 Å². The Labute approximate surface area is 368 Å². The van der Waals surface area contributed by atoms with E-state index in [9.17, 15) is 0 Å². The van der Waals surface area contributed by atoms with Crippen LogP contribution in [0.5, 0.6) is 0 Å². The maximum atomic E-state index is 9.06. The van der Waals surface area contributed by atoms with Crippen molar-refractivity contribution in [3.63, 3.8) is 0 Å². The molecule has 7 aromatic rings. The summed E-state index contributed by atoms with van der Waals surface area (Å²) in [7, 11) is 0. The molecule has 2 aliphatic carbocycles. The Morgan fingerprint density at radius 2 is 0.984 bits per heavy atom. The first-order chi connectivity index (χ1) is 30.2. The Bertz CT molecular complexity index is 3070. The SMILES string of the molecule is [2H]C([2H])([2H])c1cc2c3c(c1)N(c1cc(-c4ccccc4)ccc1C)c1ccc(-c4ccccc4)cc1B3c1cc3c(cc1N2c1ccc2c(c1)C(C)(C)CC2(C)C)C(C)(C)CC3(C)C. The molecular weight excluding hydrogens is 735 g/mol. The molecule has 2 heterocycles. The number of rotatable bonds is 4. The molecule has 0 N–H and O–H groups in total. The molecule has 0 aromatic heterocycles. The van der Waals surface area contributed by atoms with Gasteiger partial charge in [0.2, 0.25) is 0 Å². The van der Waals surface area contributed by atoms with Gasteiger partial charge in [0.25, 0.3) is 6.71 Å². The molecule has 0 saturated carbocycles. The van der Waals surface area contributed by atoms with Crippen molar-refractivity contribution in [1.29, 1.82) is 0 Å². The summed E-state index contributed by atoms with van der Waals surface area (Å²) < 4.78 is 27.2. The number of anilines is 6. The van der Waals surface area contributed by atoms with Gasteiger partial charge in [0.1, 0.15) is 0 Å². The molecule has 2 nitrogen and oxygen atoms in total. The largest absolute Gasteiger partial charge is 0.311 e. The second-order valence-corrected chi connectivity index (χ2v) is 21.1. The van der Waals surface area contributed by atoms with Crippen LogP contribution in [-0.2, 0) is 21.7 Å². The zero-order valence-corrected chi connectivity index (χ0v) is 37.2. The molecule has 0 amide bonds. The maximum absolute atomic E-state index is 9.06. The molecule has 0 unspecified atom stereocenters. The molecule has 302 valence electrons. The van der Waals surface area contributed by atoms with Crippen LogP contribution >= 0.6 is 0 Å². The lowest BCUT2D eigenvalue weighted by Crippen LogP contribution is -2.61. The summed E-state index contributed by atoms with van der Waals surface area (Å²) in [4.78, 5) is 4.83. The molecule has 2 aliphatic heterocycles. The lowest BCUT2D eigenvalue weighted by molar-refractivity contribution is 0.403. The molecule has 4 aliphatic rings. The number of nitrogens with zero attached hydrogens (tertiary/aromatic N) is 2. The molecule has 11 rings (SSSR count). The van der Waals surface area contributed by atoms with Gasteiger partial charge in [-0.2, -0.15) is 0 Å².